The van der Waals surface area contributed by atoms with E-state index < -0.39 is 11.7 Å². The van der Waals surface area contributed by atoms with Gasteiger partial charge < -0.3 is 5.32 Å². The van der Waals surface area contributed by atoms with E-state index >= 15 is 0 Å². The number of hydrogen-bond donors (Lipinski definition) is 1. The number of nitrogens with one attached hydrogen (secondary N) is 1. The van der Waals surface area contributed by atoms with Gasteiger partial charge in [0.05, 0.1) is 0 Å². The van der Waals surface area contributed by atoms with Crippen LogP contribution in [0.15, 0.2) is 45.5 Å². The first-order valence-corrected chi connectivity index (χ1v) is 6.53. The van der Waals surface area contributed by atoms with Crippen LogP contribution < -0.4 is 5.32 Å². The highest BCUT2D eigenvalue weighted by Gasteiger charge is 2.09. The molecule has 0 fully saturated rings. The molecule has 0 saturated carbocycles. The van der Waals surface area contributed by atoms with Crippen LogP contribution in [0.25, 0.3) is 0 Å². The van der Waals surface area contributed by atoms with E-state index in [4.69, 9.17) is 0 Å². The molecule has 1 heterocycles. The van der Waals surface area contributed by atoms with Gasteiger partial charge in [-0.15, -0.1) is 0 Å². The second-order valence-electron chi connectivity index (χ2n) is 3.46. The monoisotopic (exact) mass is 372 g/mol. The van der Waals surface area contributed by atoms with Crippen molar-refractivity contribution in [3.63, 3.8) is 0 Å². The number of hydrogen-bond acceptors (Lipinski definition) is 2. The fourth-order valence-electron chi connectivity index (χ4n) is 1.35. The number of halogens is 3. The number of benzene rings is 1. The summed E-state index contributed by atoms with van der Waals surface area (Å²) in [5.41, 5.74) is 0.226. The Kier molecular flexibility index (Phi) is 4.08. The lowest BCUT2D eigenvalue weighted by molar-refractivity contribution is 0.102. The zero-order chi connectivity index (χ0) is 13.1. The average molecular weight is 374 g/mol. The molecule has 0 aliphatic heterocycles. The Morgan fingerprint density at radius 1 is 1.22 bits per heavy atom. The van der Waals surface area contributed by atoms with Crippen LogP contribution >= 0.6 is 31.9 Å². The van der Waals surface area contributed by atoms with E-state index in [0.29, 0.717) is 14.9 Å². The van der Waals surface area contributed by atoms with E-state index in [9.17, 15) is 9.18 Å². The maximum Gasteiger partial charge on any atom is 0.256 e. The maximum absolute atomic E-state index is 13.2. The predicted octanol–water partition coefficient (Wildman–Crippen LogP) is 4.00. The van der Waals surface area contributed by atoms with Crippen LogP contribution in [0.3, 0.4) is 0 Å². The van der Waals surface area contributed by atoms with Gasteiger partial charge >= 0.3 is 0 Å². The Morgan fingerprint density at radius 3 is 2.67 bits per heavy atom. The zero-order valence-corrected chi connectivity index (χ0v) is 12.1. The van der Waals surface area contributed by atoms with Crippen molar-refractivity contribution in [1.29, 1.82) is 0 Å². The molecule has 6 heteroatoms. The van der Waals surface area contributed by atoms with Gasteiger partial charge in [0.15, 0.2) is 0 Å². The van der Waals surface area contributed by atoms with Crippen LogP contribution in [0.5, 0.6) is 0 Å². The number of rotatable bonds is 2. The maximum atomic E-state index is 13.2. The summed E-state index contributed by atoms with van der Waals surface area (Å²) >= 11 is 6.34. The highest BCUT2D eigenvalue weighted by atomic mass is 79.9. The second-order valence-corrected chi connectivity index (χ2v) is 5.19. The summed E-state index contributed by atoms with van der Waals surface area (Å²) in [5, 5.41) is 2.59. The van der Waals surface area contributed by atoms with Crippen LogP contribution in [-0.4, -0.2) is 10.9 Å². The van der Waals surface area contributed by atoms with Gasteiger partial charge in [0, 0.05) is 10.0 Å². The molecule has 0 saturated heterocycles. The van der Waals surface area contributed by atoms with Crippen molar-refractivity contribution < 1.29 is 9.18 Å². The molecule has 0 atom stereocenters. The molecule has 1 aromatic carbocycles. The lowest BCUT2D eigenvalue weighted by Crippen LogP contribution is -2.13. The largest absolute Gasteiger partial charge is 0.307 e. The lowest BCUT2D eigenvalue weighted by atomic mass is 10.2. The number of anilines is 1. The van der Waals surface area contributed by atoms with Crippen LogP contribution in [0, 0.1) is 5.82 Å². The van der Waals surface area contributed by atoms with E-state index in [-0.39, 0.29) is 5.56 Å². The van der Waals surface area contributed by atoms with Crippen molar-refractivity contribution in [3.05, 3.63) is 56.9 Å². The summed E-state index contributed by atoms with van der Waals surface area (Å²) in [6, 6.07) is 9.13. The first kappa shape index (κ1) is 13.2. The summed E-state index contributed by atoms with van der Waals surface area (Å²) in [4.78, 5) is 15.9. The third kappa shape index (κ3) is 3.36. The quantitative estimate of drug-likeness (QED) is 0.808. The molecular formula is C12H7Br2FN2O. The molecule has 1 amide bonds. The smallest absolute Gasteiger partial charge is 0.256 e. The number of aromatic nitrogens is 1. The third-order valence-electron chi connectivity index (χ3n) is 2.08. The Hall–Kier alpha value is -1.27. The fourth-order valence-corrected chi connectivity index (χ4v) is 2.16. The standard InChI is InChI=1S/C12H7Br2FN2O/c13-8-4-7(5-9(15)6-8)12(18)17-11-3-1-2-10(14)16-11/h1-6H,(H,16,17,18). The van der Waals surface area contributed by atoms with Crippen LogP contribution in [0.1, 0.15) is 10.4 Å². The molecule has 92 valence electrons. The second kappa shape index (κ2) is 5.58. The zero-order valence-electron chi connectivity index (χ0n) is 8.95. The minimum atomic E-state index is -0.475. The van der Waals surface area contributed by atoms with Gasteiger partial charge in [-0.05, 0) is 46.3 Å². The molecule has 0 unspecified atom stereocenters. The summed E-state index contributed by atoms with van der Waals surface area (Å²) in [7, 11) is 0. The van der Waals surface area contributed by atoms with Crippen LogP contribution in [-0.2, 0) is 0 Å². The van der Waals surface area contributed by atoms with Crippen molar-refractivity contribution in [2.45, 2.75) is 0 Å². The number of carbonyl (C=O) groups excluding carboxylic acids is 1. The highest BCUT2D eigenvalue weighted by Crippen LogP contribution is 2.16. The van der Waals surface area contributed by atoms with E-state index in [1.807, 2.05) is 0 Å². The number of amides is 1. The van der Waals surface area contributed by atoms with Crippen LogP contribution in [0.4, 0.5) is 10.2 Å². The van der Waals surface area contributed by atoms with Gasteiger partial charge in [-0.1, -0.05) is 22.0 Å². The molecular weight excluding hydrogens is 367 g/mol. The summed E-state index contributed by atoms with van der Waals surface area (Å²) in [6.45, 7) is 0. The first-order chi connectivity index (χ1) is 8.54. The van der Waals surface area contributed by atoms with Crippen molar-refractivity contribution in [2.75, 3.05) is 5.32 Å². The molecule has 2 rings (SSSR count). The molecule has 0 spiro atoms. The number of nitrogens with zero attached hydrogens (tertiary/aromatic N) is 1. The molecule has 0 aliphatic carbocycles. The average Bonchev–Trinajstić information content (AvgIpc) is 2.27. The van der Waals surface area contributed by atoms with Crippen molar-refractivity contribution in [3.8, 4) is 0 Å². The molecule has 18 heavy (non-hydrogen) atoms. The van der Waals surface area contributed by atoms with E-state index in [2.05, 4.69) is 42.2 Å². The van der Waals surface area contributed by atoms with E-state index in [1.165, 1.54) is 12.1 Å². The first-order valence-electron chi connectivity index (χ1n) is 4.94. The fraction of sp³-hybridized carbons (Fsp3) is 0. The Morgan fingerprint density at radius 2 is 2.00 bits per heavy atom. The van der Waals surface area contributed by atoms with Gasteiger partial charge in [0.1, 0.15) is 16.2 Å². The summed E-state index contributed by atoms with van der Waals surface area (Å²) in [5.74, 6) is -0.493. The van der Waals surface area contributed by atoms with Gasteiger partial charge in [-0.25, -0.2) is 9.37 Å². The topological polar surface area (TPSA) is 42.0 Å². The number of carbonyl (C=O) groups is 1. The van der Waals surface area contributed by atoms with Crippen LogP contribution in [0.2, 0.25) is 0 Å². The van der Waals surface area contributed by atoms with Crippen molar-refractivity contribution in [2.24, 2.45) is 0 Å². The molecule has 0 bridgehead atoms. The third-order valence-corrected chi connectivity index (χ3v) is 2.98. The molecule has 3 nitrogen and oxygen atoms in total. The Labute approximate surface area is 120 Å². The molecule has 2 aromatic rings. The Bertz CT molecular complexity index is 584. The Balaban J connectivity index is 2.22. The van der Waals surface area contributed by atoms with Gasteiger partial charge in [-0.3, -0.25) is 4.79 Å². The van der Waals surface area contributed by atoms with Gasteiger partial charge in [-0.2, -0.15) is 0 Å². The molecule has 0 radical (unpaired) electrons. The molecule has 1 N–H and O–H groups in total. The van der Waals surface area contributed by atoms with E-state index in [0.717, 1.165) is 6.07 Å². The summed E-state index contributed by atoms with van der Waals surface area (Å²) < 4.78 is 14.3. The van der Waals surface area contributed by atoms with Crippen molar-refractivity contribution >= 4 is 43.6 Å². The van der Waals surface area contributed by atoms with E-state index in [1.54, 1.807) is 18.2 Å². The minimum absolute atomic E-state index is 0.226. The number of pyridine rings is 1. The van der Waals surface area contributed by atoms with Gasteiger partial charge in [0.2, 0.25) is 0 Å². The normalized spacial score (nSPS) is 10.2. The SMILES string of the molecule is O=C(Nc1cccc(Br)n1)c1cc(F)cc(Br)c1. The molecule has 0 aliphatic rings. The van der Waals surface area contributed by atoms with Gasteiger partial charge in [0.25, 0.3) is 5.91 Å². The summed E-state index contributed by atoms with van der Waals surface area (Å²) in [6.07, 6.45) is 0. The van der Waals surface area contributed by atoms with Crippen molar-refractivity contribution in [1.82, 2.24) is 4.98 Å². The molecule has 1 aromatic heterocycles. The lowest BCUT2D eigenvalue weighted by Gasteiger charge is -2.05. The predicted molar refractivity (Wildman–Crippen MR) is 74.0 cm³/mol. The highest BCUT2D eigenvalue weighted by molar-refractivity contribution is 9.10. The minimum Gasteiger partial charge on any atom is -0.307 e.